The predicted molar refractivity (Wildman–Crippen MR) is 81.3 cm³/mol. The van der Waals surface area contributed by atoms with E-state index in [1.807, 2.05) is 30.3 Å². The molecule has 1 amide bonds. The molecule has 2 aromatic heterocycles. The number of benzene rings is 1. The van der Waals surface area contributed by atoms with Gasteiger partial charge in [-0.15, -0.1) is 5.10 Å². The molecule has 3 rings (SSSR count). The van der Waals surface area contributed by atoms with Gasteiger partial charge in [-0.05, 0) is 12.5 Å². The molecule has 2 N–H and O–H groups in total. The second-order valence-electron chi connectivity index (χ2n) is 4.53. The lowest BCUT2D eigenvalue weighted by molar-refractivity contribution is -0.115. The van der Waals surface area contributed by atoms with Crippen molar-refractivity contribution in [3.8, 4) is 0 Å². The van der Waals surface area contributed by atoms with E-state index in [9.17, 15) is 4.79 Å². The number of hydrogen-bond acceptors (Lipinski definition) is 6. The zero-order chi connectivity index (χ0) is 15.4. The molecule has 0 fully saturated rings. The summed E-state index contributed by atoms with van der Waals surface area (Å²) in [5, 5.41) is 17.0. The number of anilines is 1. The normalized spacial score (nSPS) is 12.0. The van der Waals surface area contributed by atoms with Crippen molar-refractivity contribution in [2.24, 2.45) is 0 Å². The first-order valence-electron chi connectivity index (χ1n) is 6.54. The molecule has 0 aliphatic heterocycles. The molecular formula is C14H13N5O2S. The molecule has 0 bridgehead atoms. The summed E-state index contributed by atoms with van der Waals surface area (Å²) in [5.74, 6) is 0.826. The quantitative estimate of drug-likeness (QED) is 0.702. The average molecular weight is 315 g/mol. The first-order valence-corrected chi connectivity index (χ1v) is 7.42. The van der Waals surface area contributed by atoms with Crippen LogP contribution in [0.3, 0.4) is 0 Å². The minimum atomic E-state index is -0.469. The molecule has 1 atom stereocenters. The number of aryl methyl sites for hydroxylation is 1. The molecular weight excluding hydrogens is 302 g/mol. The van der Waals surface area contributed by atoms with Gasteiger partial charge in [-0.2, -0.15) is 10.3 Å². The maximum absolute atomic E-state index is 12.6. The molecule has 0 saturated heterocycles. The number of thioether (sulfide) groups is 1. The number of nitrogens with one attached hydrogen (secondary N) is 2. The van der Waals surface area contributed by atoms with Crippen molar-refractivity contribution < 1.29 is 9.32 Å². The third-order valence-electron chi connectivity index (χ3n) is 2.85. The Morgan fingerprint density at radius 3 is 2.82 bits per heavy atom. The van der Waals surface area contributed by atoms with Crippen LogP contribution in [0.15, 0.2) is 52.1 Å². The average Bonchev–Trinajstić information content (AvgIpc) is 3.17. The van der Waals surface area contributed by atoms with E-state index in [1.165, 1.54) is 11.8 Å². The summed E-state index contributed by atoms with van der Waals surface area (Å²) in [4.78, 5) is 12.6. The molecule has 1 unspecified atom stereocenters. The van der Waals surface area contributed by atoms with E-state index in [4.69, 9.17) is 4.52 Å². The second-order valence-corrected chi connectivity index (χ2v) is 5.65. The lowest BCUT2D eigenvalue weighted by Gasteiger charge is -2.14. The van der Waals surface area contributed by atoms with Crippen LogP contribution in [0.5, 0.6) is 0 Å². The number of nitrogens with zero attached hydrogens (tertiary/aromatic N) is 3. The Morgan fingerprint density at radius 1 is 1.36 bits per heavy atom. The highest BCUT2D eigenvalue weighted by atomic mass is 32.2. The van der Waals surface area contributed by atoms with Gasteiger partial charge in [-0.3, -0.25) is 4.79 Å². The van der Waals surface area contributed by atoms with E-state index in [0.717, 1.165) is 5.56 Å². The Hall–Kier alpha value is -2.61. The number of carbonyl (C=O) groups excluding carboxylic acids is 1. The molecule has 0 radical (unpaired) electrons. The van der Waals surface area contributed by atoms with Crippen LogP contribution in [0, 0.1) is 6.92 Å². The fourth-order valence-corrected chi connectivity index (χ4v) is 2.79. The third-order valence-corrected chi connectivity index (χ3v) is 4.01. The van der Waals surface area contributed by atoms with E-state index >= 15 is 0 Å². The molecule has 0 spiro atoms. The first-order chi connectivity index (χ1) is 10.7. The lowest BCUT2D eigenvalue weighted by Crippen LogP contribution is -2.19. The van der Waals surface area contributed by atoms with Gasteiger partial charge in [-0.1, -0.05) is 47.3 Å². The van der Waals surface area contributed by atoms with E-state index in [0.29, 0.717) is 16.6 Å². The number of aromatic nitrogens is 4. The molecule has 1 aromatic carbocycles. The van der Waals surface area contributed by atoms with Crippen molar-refractivity contribution in [1.82, 2.24) is 20.6 Å². The molecule has 0 saturated carbocycles. The number of aromatic amines is 1. The zero-order valence-electron chi connectivity index (χ0n) is 11.7. The standard InChI is InChI=1S/C14H13N5O2S/c1-9-7-11(18-21-9)16-14(20)13(10-5-3-2-4-6-10)22-12-8-15-19-17-12/h2-8,13H,1H3,(H,15,17,19)(H,16,18,20). The van der Waals surface area contributed by atoms with Crippen molar-refractivity contribution in [3.05, 3.63) is 53.9 Å². The number of hydrogen-bond donors (Lipinski definition) is 2. The highest BCUT2D eigenvalue weighted by molar-refractivity contribution is 8.00. The molecule has 8 heteroatoms. The van der Waals surface area contributed by atoms with Gasteiger partial charge >= 0.3 is 0 Å². The fourth-order valence-electron chi connectivity index (χ4n) is 1.89. The van der Waals surface area contributed by atoms with Gasteiger partial charge in [-0.25, -0.2) is 0 Å². The van der Waals surface area contributed by atoms with E-state index in [-0.39, 0.29) is 5.91 Å². The topological polar surface area (TPSA) is 96.7 Å². The summed E-state index contributed by atoms with van der Waals surface area (Å²) in [6.45, 7) is 1.77. The van der Waals surface area contributed by atoms with Crippen molar-refractivity contribution in [3.63, 3.8) is 0 Å². The Bertz CT molecular complexity index is 742. The van der Waals surface area contributed by atoms with Crippen LogP contribution in [-0.4, -0.2) is 26.5 Å². The van der Waals surface area contributed by atoms with Crippen molar-refractivity contribution in [2.45, 2.75) is 17.2 Å². The highest BCUT2D eigenvalue weighted by Crippen LogP contribution is 2.34. The number of carbonyl (C=O) groups is 1. The SMILES string of the molecule is Cc1cc(NC(=O)C(Sc2cn[nH]n2)c2ccccc2)no1. The smallest absolute Gasteiger partial charge is 0.243 e. The Morgan fingerprint density at radius 2 is 2.18 bits per heavy atom. The lowest BCUT2D eigenvalue weighted by atomic mass is 10.1. The minimum Gasteiger partial charge on any atom is -0.360 e. The minimum absolute atomic E-state index is 0.201. The molecule has 112 valence electrons. The van der Waals surface area contributed by atoms with Gasteiger partial charge in [0.2, 0.25) is 5.91 Å². The second kappa shape index (κ2) is 6.44. The molecule has 0 aliphatic carbocycles. The van der Waals surface area contributed by atoms with Gasteiger partial charge in [0.1, 0.15) is 16.0 Å². The van der Waals surface area contributed by atoms with Crippen molar-refractivity contribution >= 4 is 23.5 Å². The van der Waals surface area contributed by atoms with Crippen molar-refractivity contribution in [2.75, 3.05) is 5.32 Å². The Kier molecular flexibility index (Phi) is 4.19. The summed E-state index contributed by atoms with van der Waals surface area (Å²) in [5.41, 5.74) is 0.869. The third kappa shape index (κ3) is 3.34. The predicted octanol–water partition coefficient (Wildman–Crippen LogP) is 2.57. The number of H-pyrrole nitrogens is 1. The number of amides is 1. The van der Waals surface area contributed by atoms with Crippen LogP contribution in [0.25, 0.3) is 0 Å². The largest absolute Gasteiger partial charge is 0.360 e. The van der Waals surface area contributed by atoms with E-state index in [1.54, 1.807) is 19.2 Å². The summed E-state index contributed by atoms with van der Waals surface area (Å²) >= 11 is 1.31. The van der Waals surface area contributed by atoms with Gasteiger partial charge in [0.15, 0.2) is 5.82 Å². The summed E-state index contributed by atoms with van der Waals surface area (Å²) in [7, 11) is 0. The summed E-state index contributed by atoms with van der Waals surface area (Å²) in [6.07, 6.45) is 1.58. The number of rotatable bonds is 5. The highest BCUT2D eigenvalue weighted by Gasteiger charge is 2.24. The van der Waals surface area contributed by atoms with E-state index in [2.05, 4.69) is 25.9 Å². The maximum Gasteiger partial charge on any atom is 0.243 e. The Labute approximate surface area is 130 Å². The van der Waals surface area contributed by atoms with Crippen LogP contribution in [0.2, 0.25) is 0 Å². The van der Waals surface area contributed by atoms with Crippen LogP contribution in [0.1, 0.15) is 16.6 Å². The van der Waals surface area contributed by atoms with Crippen LogP contribution >= 0.6 is 11.8 Å². The summed E-state index contributed by atoms with van der Waals surface area (Å²) < 4.78 is 4.96. The fraction of sp³-hybridized carbons (Fsp3) is 0.143. The van der Waals surface area contributed by atoms with Crippen molar-refractivity contribution in [1.29, 1.82) is 0 Å². The van der Waals surface area contributed by atoms with Crippen LogP contribution in [-0.2, 0) is 4.79 Å². The van der Waals surface area contributed by atoms with Crippen LogP contribution < -0.4 is 5.32 Å². The molecule has 22 heavy (non-hydrogen) atoms. The molecule has 7 nitrogen and oxygen atoms in total. The van der Waals surface area contributed by atoms with Crippen LogP contribution in [0.4, 0.5) is 5.82 Å². The zero-order valence-corrected chi connectivity index (χ0v) is 12.5. The Balaban J connectivity index is 1.82. The monoisotopic (exact) mass is 315 g/mol. The van der Waals surface area contributed by atoms with Gasteiger partial charge in [0.05, 0.1) is 6.20 Å². The first kappa shape index (κ1) is 14.3. The van der Waals surface area contributed by atoms with Gasteiger partial charge in [0.25, 0.3) is 0 Å². The molecule has 2 heterocycles. The van der Waals surface area contributed by atoms with Gasteiger partial charge in [0, 0.05) is 6.07 Å². The summed E-state index contributed by atoms with van der Waals surface area (Å²) in [6, 6.07) is 11.1. The molecule has 0 aliphatic rings. The molecule has 3 aromatic rings. The maximum atomic E-state index is 12.6. The van der Waals surface area contributed by atoms with E-state index < -0.39 is 5.25 Å². The van der Waals surface area contributed by atoms with Gasteiger partial charge < -0.3 is 9.84 Å².